The fraction of sp³-hybridized carbons (Fsp3) is 1.00. The van der Waals surface area contributed by atoms with Crippen molar-refractivity contribution < 1.29 is 5.11 Å². The smallest absolute Gasteiger partial charge is 0.0594 e. The predicted molar refractivity (Wildman–Crippen MR) is 131 cm³/mol. The average molecular weight is 429 g/mol. The van der Waals surface area contributed by atoms with Gasteiger partial charge in [-0.2, -0.15) is 0 Å². The molecule has 1 nitrogen and oxygen atoms in total. The van der Waals surface area contributed by atoms with E-state index in [9.17, 15) is 5.11 Å². The van der Waals surface area contributed by atoms with Gasteiger partial charge in [0.2, 0.25) is 0 Å². The van der Waals surface area contributed by atoms with Crippen LogP contribution in [0.4, 0.5) is 0 Å². The summed E-state index contributed by atoms with van der Waals surface area (Å²) >= 11 is 0. The molecule has 5 aliphatic rings. The Morgan fingerprint density at radius 1 is 0.677 bits per heavy atom. The van der Waals surface area contributed by atoms with Crippen molar-refractivity contribution in [1.29, 1.82) is 0 Å². The first-order valence-corrected chi connectivity index (χ1v) is 14.0. The summed E-state index contributed by atoms with van der Waals surface area (Å²) in [5.41, 5.74) is 2.08. The van der Waals surface area contributed by atoms with Gasteiger partial charge in [-0.1, -0.05) is 55.4 Å². The molecule has 5 aliphatic carbocycles. The van der Waals surface area contributed by atoms with Crippen molar-refractivity contribution in [2.75, 3.05) is 0 Å². The lowest BCUT2D eigenvalue weighted by Crippen LogP contribution is -2.66. The SMILES string of the molecule is CC(C)[C@@H]1CC[C@]2(C)CC[C@]3(C)[C@H](CC[C@@H]4[C@]5(C)CC[C@H](O)C(C)(C)[C@@H]5CC[C@]43C)[C@@H]12. The van der Waals surface area contributed by atoms with Crippen LogP contribution in [-0.2, 0) is 0 Å². The molecule has 0 aromatic heterocycles. The van der Waals surface area contributed by atoms with Crippen molar-refractivity contribution >= 4 is 0 Å². The van der Waals surface area contributed by atoms with E-state index in [4.69, 9.17) is 0 Å². The summed E-state index contributed by atoms with van der Waals surface area (Å²) in [6.45, 7) is 20.7. The molecule has 0 aliphatic heterocycles. The van der Waals surface area contributed by atoms with E-state index in [2.05, 4.69) is 55.4 Å². The first-order chi connectivity index (χ1) is 14.3. The molecule has 10 atom stereocenters. The second-order valence-electron chi connectivity index (χ2n) is 15.2. The number of hydrogen-bond donors (Lipinski definition) is 1. The van der Waals surface area contributed by atoms with E-state index < -0.39 is 0 Å². The van der Waals surface area contributed by atoms with E-state index in [1.165, 1.54) is 57.8 Å². The maximum atomic E-state index is 10.9. The summed E-state index contributed by atoms with van der Waals surface area (Å²) in [6.07, 6.45) is 13.7. The predicted octanol–water partition coefficient (Wildman–Crippen LogP) is 8.10. The lowest BCUT2D eigenvalue weighted by atomic mass is 9.32. The summed E-state index contributed by atoms with van der Waals surface area (Å²) in [7, 11) is 0. The lowest BCUT2D eigenvalue weighted by molar-refractivity contribution is -0.248. The molecular formula is C30H52O. The van der Waals surface area contributed by atoms with Crippen LogP contribution in [0.2, 0.25) is 0 Å². The van der Waals surface area contributed by atoms with Crippen LogP contribution in [0.3, 0.4) is 0 Å². The van der Waals surface area contributed by atoms with E-state index in [0.29, 0.717) is 27.6 Å². The summed E-state index contributed by atoms with van der Waals surface area (Å²) in [5, 5.41) is 10.9. The maximum Gasteiger partial charge on any atom is 0.0594 e. The highest BCUT2D eigenvalue weighted by atomic mass is 16.3. The first kappa shape index (κ1) is 22.7. The molecule has 0 aromatic carbocycles. The normalized spacial score (nSPS) is 58.3. The molecule has 1 N–H and O–H groups in total. The van der Waals surface area contributed by atoms with E-state index in [1.807, 2.05) is 0 Å². The number of hydrogen-bond acceptors (Lipinski definition) is 1. The Balaban J connectivity index is 1.54. The van der Waals surface area contributed by atoms with Crippen molar-refractivity contribution in [2.24, 2.45) is 62.6 Å². The molecule has 0 radical (unpaired) electrons. The highest BCUT2D eigenvalue weighted by Gasteiger charge is 2.70. The van der Waals surface area contributed by atoms with Crippen LogP contribution in [0.5, 0.6) is 0 Å². The quantitative estimate of drug-likeness (QED) is 0.447. The zero-order valence-corrected chi connectivity index (χ0v) is 22.1. The Hall–Kier alpha value is -0.0400. The fourth-order valence-corrected chi connectivity index (χ4v) is 11.7. The number of aliphatic hydroxyl groups excluding tert-OH is 1. The van der Waals surface area contributed by atoms with Gasteiger partial charge < -0.3 is 5.11 Å². The van der Waals surface area contributed by atoms with Crippen LogP contribution < -0.4 is 0 Å². The summed E-state index contributed by atoms with van der Waals surface area (Å²) in [4.78, 5) is 0. The van der Waals surface area contributed by atoms with Gasteiger partial charge in [-0.05, 0) is 127 Å². The van der Waals surface area contributed by atoms with Crippen LogP contribution in [0.1, 0.15) is 120 Å². The van der Waals surface area contributed by atoms with Crippen LogP contribution in [0.15, 0.2) is 0 Å². The lowest BCUT2D eigenvalue weighted by Gasteiger charge is -2.73. The Bertz CT molecular complexity index is 724. The molecular weight excluding hydrogens is 376 g/mol. The van der Waals surface area contributed by atoms with Gasteiger partial charge in [0.1, 0.15) is 0 Å². The number of aliphatic hydroxyl groups is 1. The minimum Gasteiger partial charge on any atom is -0.393 e. The van der Waals surface area contributed by atoms with Crippen molar-refractivity contribution in [3.63, 3.8) is 0 Å². The summed E-state index contributed by atoms with van der Waals surface area (Å²) < 4.78 is 0. The largest absolute Gasteiger partial charge is 0.393 e. The van der Waals surface area contributed by atoms with Crippen molar-refractivity contribution in [3.05, 3.63) is 0 Å². The minimum atomic E-state index is -0.109. The Morgan fingerprint density at radius 2 is 1.39 bits per heavy atom. The van der Waals surface area contributed by atoms with Gasteiger partial charge in [-0.15, -0.1) is 0 Å². The Labute approximate surface area is 193 Å². The maximum absolute atomic E-state index is 10.9. The van der Waals surface area contributed by atoms with Gasteiger partial charge in [0.15, 0.2) is 0 Å². The molecule has 1 heteroatoms. The molecule has 0 heterocycles. The van der Waals surface area contributed by atoms with Crippen molar-refractivity contribution in [1.82, 2.24) is 0 Å². The molecule has 0 saturated heterocycles. The third-order valence-corrected chi connectivity index (χ3v) is 13.7. The Kier molecular flexibility index (Phi) is 4.96. The van der Waals surface area contributed by atoms with E-state index in [0.717, 1.165) is 36.0 Å². The standard InChI is InChI=1S/C30H52O/c1-19(2)20-11-14-27(5)17-18-29(7)21(25(20)27)9-10-23-28(6)15-13-24(31)26(3,4)22(28)12-16-30(23,29)8/h19-25,31H,9-18H2,1-8H3/t20-,21+,22-,23+,24-,25+,27+,28+,29+,30+/m0/s1. The van der Waals surface area contributed by atoms with Crippen molar-refractivity contribution in [2.45, 2.75) is 126 Å². The molecule has 31 heavy (non-hydrogen) atoms. The van der Waals surface area contributed by atoms with Crippen LogP contribution >= 0.6 is 0 Å². The number of rotatable bonds is 1. The van der Waals surface area contributed by atoms with Gasteiger partial charge in [0.25, 0.3) is 0 Å². The molecule has 0 spiro atoms. The number of fused-ring (bicyclic) bond motifs is 7. The monoisotopic (exact) mass is 428 g/mol. The third-order valence-electron chi connectivity index (χ3n) is 13.7. The van der Waals surface area contributed by atoms with E-state index in [1.54, 1.807) is 0 Å². The zero-order chi connectivity index (χ0) is 22.6. The summed E-state index contributed by atoms with van der Waals surface area (Å²) in [5.74, 6) is 5.21. The van der Waals surface area contributed by atoms with Gasteiger partial charge in [-0.25, -0.2) is 0 Å². The highest BCUT2D eigenvalue weighted by Crippen LogP contribution is 2.77. The molecule has 178 valence electrons. The molecule has 0 aromatic rings. The van der Waals surface area contributed by atoms with Gasteiger partial charge in [0.05, 0.1) is 6.10 Å². The second kappa shape index (κ2) is 6.76. The van der Waals surface area contributed by atoms with E-state index >= 15 is 0 Å². The first-order valence-electron chi connectivity index (χ1n) is 14.0. The van der Waals surface area contributed by atoms with Gasteiger partial charge in [0, 0.05) is 0 Å². The van der Waals surface area contributed by atoms with E-state index in [-0.39, 0.29) is 11.5 Å². The van der Waals surface area contributed by atoms with Gasteiger partial charge in [-0.3, -0.25) is 0 Å². The minimum absolute atomic E-state index is 0.0748. The topological polar surface area (TPSA) is 20.2 Å². The third kappa shape index (κ3) is 2.71. The molecule has 5 fully saturated rings. The van der Waals surface area contributed by atoms with Crippen molar-refractivity contribution in [3.8, 4) is 0 Å². The molecule has 5 rings (SSSR count). The average Bonchev–Trinajstić information content (AvgIpc) is 3.04. The van der Waals surface area contributed by atoms with Crippen LogP contribution in [0, 0.1) is 62.6 Å². The zero-order valence-electron chi connectivity index (χ0n) is 22.1. The molecule has 0 unspecified atom stereocenters. The second-order valence-corrected chi connectivity index (χ2v) is 15.2. The molecule has 0 bridgehead atoms. The Morgan fingerprint density at radius 3 is 2.06 bits per heavy atom. The molecule has 5 saturated carbocycles. The summed E-state index contributed by atoms with van der Waals surface area (Å²) in [6, 6.07) is 0. The van der Waals surface area contributed by atoms with Gasteiger partial charge >= 0.3 is 0 Å². The highest BCUT2D eigenvalue weighted by molar-refractivity contribution is 5.19. The molecule has 0 amide bonds. The fourth-order valence-electron chi connectivity index (χ4n) is 11.7. The van der Waals surface area contributed by atoms with Crippen LogP contribution in [0.25, 0.3) is 0 Å². The van der Waals surface area contributed by atoms with Crippen LogP contribution in [-0.4, -0.2) is 11.2 Å².